The Labute approximate surface area is 172 Å². The quantitative estimate of drug-likeness (QED) is 0.605. The van der Waals surface area contributed by atoms with Crippen LogP contribution in [0.3, 0.4) is 0 Å². The minimum atomic E-state index is -0.354. The van der Waals surface area contributed by atoms with Crippen LogP contribution in [-0.4, -0.2) is 18.5 Å². The van der Waals surface area contributed by atoms with Crippen LogP contribution in [0.15, 0.2) is 18.2 Å². The molecular weight excluding hydrogens is 405 g/mol. The summed E-state index contributed by atoms with van der Waals surface area (Å²) in [4.78, 5) is 26.1. The lowest BCUT2D eigenvalue weighted by Crippen LogP contribution is -2.16. The predicted octanol–water partition coefficient (Wildman–Crippen LogP) is 5.68. The molecule has 1 N–H and O–H groups in total. The Bertz CT molecular complexity index is 863. The molecule has 0 aliphatic heterocycles. The molecule has 0 saturated heterocycles. The molecule has 4 nitrogen and oxygen atoms in total. The van der Waals surface area contributed by atoms with Crippen LogP contribution >= 0.6 is 34.5 Å². The van der Waals surface area contributed by atoms with Gasteiger partial charge < -0.3 is 10.1 Å². The molecule has 1 amide bonds. The van der Waals surface area contributed by atoms with Gasteiger partial charge in [0.15, 0.2) is 0 Å². The van der Waals surface area contributed by atoms with Crippen molar-refractivity contribution in [2.24, 2.45) is 0 Å². The van der Waals surface area contributed by atoms with Gasteiger partial charge >= 0.3 is 5.97 Å². The van der Waals surface area contributed by atoms with E-state index in [1.165, 1.54) is 16.2 Å². The Balaban J connectivity index is 1.73. The molecular formula is C20H21Cl2NO3S. The van der Waals surface area contributed by atoms with Crippen LogP contribution in [0.1, 0.15) is 52.5 Å². The van der Waals surface area contributed by atoms with E-state index in [0.717, 1.165) is 36.8 Å². The van der Waals surface area contributed by atoms with Crippen LogP contribution < -0.4 is 5.32 Å². The average molecular weight is 426 g/mol. The van der Waals surface area contributed by atoms with Crippen molar-refractivity contribution in [2.45, 2.75) is 45.4 Å². The summed E-state index contributed by atoms with van der Waals surface area (Å²) in [5, 5.41) is 4.64. The first-order valence-corrected chi connectivity index (χ1v) is 10.6. The number of hydrogen-bond donors (Lipinski definition) is 1. The van der Waals surface area contributed by atoms with Crippen molar-refractivity contribution >= 4 is 51.4 Å². The number of hydrogen-bond acceptors (Lipinski definition) is 4. The number of aryl methyl sites for hydroxylation is 2. The number of fused-ring (bicyclic) bond motifs is 1. The Morgan fingerprint density at radius 3 is 2.74 bits per heavy atom. The number of thiophene rings is 1. The summed E-state index contributed by atoms with van der Waals surface area (Å²) in [5.74, 6) is -0.502. The van der Waals surface area contributed by atoms with Crippen LogP contribution in [0, 0.1) is 0 Å². The van der Waals surface area contributed by atoms with Gasteiger partial charge in [0, 0.05) is 21.3 Å². The summed E-state index contributed by atoms with van der Waals surface area (Å²) in [6.45, 7) is 2.09. The summed E-state index contributed by atoms with van der Waals surface area (Å²) in [7, 11) is 0. The molecule has 0 unspecified atom stereocenters. The molecule has 2 aromatic rings. The number of anilines is 1. The van der Waals surface area contributed by atoms with Crippen molar-refractivity contribution in [1.29, 1.82) is 0 Å². The minimum Gasteiger partial charge on any atom is -0.462 e. The fraction of sp³-hybridized carbons (Fsp3) is 0.400. The average Bonchev–Trinajstić information content (AvgIpc) is 2.99. The third kappa shape index (κ3) is 4.84. The third-order valence-corrected chi connectivity index (χ3v) is 6.33. The monoisotopic (exact) mass is 425 g/mol. The van der Waals surface area contributed by atoms with Crippen molar-refractivity contribution in [3.63, 3.8) is 0 Å². The largest absolute Gasteiger partial charge is 0.462 e. The van der Waals surface area contributed by atoms with Gasteiger partial charge in [0.25, 0.3) is 0 Å². The normalized spacial score (nSPS) is 13.1. The number of halogens is 2. The molecule has 0 fully saturated rings. The SMILES string of the molecule is CCOC(=O)c1c(NC(=O)CCc2ccc(Cl)cc2Cl)sc2c1CCCC2. The minimum absolute atomic E-state index is 0.148. The molecule has 1 heterocycles. The molecule has 0 spiro atoms. The van der Waals surface area contributed by atoms with Gasteiger partial charge in [-0.25, -0.2) is 4.79 Å². The van der Waals surface area contributed by atoms with E-state index >= 15 is 0 Å². The highest BCUT2D eigenvalue weighted by Crippen LogP contribution is 2.38. The van der Waals surface area contributed by atoms with Crippen molar-refractivity contribution in [3.8, 4) is 0 Å². The van der Waals surface area contributed by atoms with Crippen LogP contribution in [0.5, 0.6) is 0 Å². The lowest BCUT2D eigenvalue weighted by molar-refractivity contribution is -0.116. The second kappa shape index (κ2) is 9.09. The second-order valence-electron chi connectivity index (χ2n) is 6.42. The maximum absolute atomic E-state index is 12.5. The summed E-state index contributed by atoms with van der Waals surface area (Å²) in [6.07, 6.45) is 4.74. The number of rotatable bonds is 6. The van der Waals surface area contributed by atoms with Crippen LogP contribution in [0.25, 0.3) is 0 Å². The lowest BCUT2D eigenvalue weighted by Gasteiger charge is -2.12. The van der Waals surface area contributed by atoms with Crippen molar-refractivity contribution in [3.05, 3.63) is 49.8 Å². The van der Waals surface area contributed by atoms with E-state index < -0.39 is 0 Å². The fourth-order valence-electron chi connectivity index (χ4n) is 3.23. The molecule has 7 heteroatoms. The Kier molecular flexibility index (Phi) is 6.79. The van der Waals surface area contributed by atoms with E-state index in [9.17, 15) is 9.59 Å². The predicted molar refractivity (Wildman–Crippen MR) is 110 cm³/mol. The van der Waals surface area contributed by atoms with E-state index in [1.807, 2.05) is 6.07 Å². The first-order chi connectivity index (χ1) is 13.0. The molecule has 0 bridgehead atoms. The van der Waals surface area contributed by atoms with E-state index in [1.54, 1.807) is 19.1 Å². The molecule has 1 aliphatic rings. The zero-order valence-corrected chi connectivity index (χ0v) is 17.4. The molecule has 27 heavy (non-hydrogen) atoms. The molecule has 1 aromatic heterocycles. The molecule has 1 aromatic carbocycles. The topological polar surface area (TPSA) is 55.4 Å². The zero-order valence-electron chi connectivity index (χ0n) is 15.1. The highest BCUT2D eigenvalue weighted by molar-refractivity contribution is 7.17. The number of carbonyl (C=O) groups is 2. The van der Waals surface area contributed by atoms with Gasteiger partial charge in [0.1, 0.15) is 5.00 Å². The summed E-state index contributed by atoms with van der Waals surface area (Å²) >= 11 is 13.6. The third-order valence-electron chi connectivity index (χ3n) is 4.54. The standard InChI is InChI=1S/C20H21Cl2NO3S/c1-2-26-20(25)18-14-5-3-4-6-16(14)27-19(18)23-17(24)10-8-12-7-9-13(21)11-15(12)22/h7,9,11H,2-6,8,10H2,1H3,(H,23,24). The van der Waals surface area contributed by atoms with Crippen molar-refractivity contribution in [2.75, 3.05) is 11.9 Å². The summed E-state index contributed by atoms with van der Waals surface area (Å²) in [5.41, 5.74) is 2.45. The molecule has 0 radical (unpaired) electrons. The molecule has 1 aliphatic carbocycles. The maximum atomic E-state index is 12.5. The van der Waals surface area contributed by atoms with Gasteiger partial charge in [-0.3, -0.25) is 4.79 Å². The van der Waals surface area contributed by atoms with Gasteiger partial charge in [0.05, 0.1) is 12.2 Å². The van der Waals surface area contributed by atoms with Crippen LogP contribution in [0.2, 0.25) is 10.0 Å². The fourth-order valence-corrected chi connectivity index (χ4v) is 5.03. The van der Waals surface area contributed by atoms with Gasteiger partial charge in [-0.15, -0.1) is 11.3 Å². The Hall–Kier alpha value is -1.56. The molecule has 0 atom stereocenters. The highest BCUT2D eigenvalue weighted by atomic mass is 35.5. The zero-order chi connectivity index (χ0) is 19.4. The van der Waals surface area contributed by atoms with E-state index in [0.29, 0.717) is 33.6 Å². The first kappa shape index (κ1) is 20.2. The van der Waals surface area contributed by atoms with Crippen molar-refractivity contribution in [1.82, 2.24) is 0 Å². The molecule has 144 valence electrons. The number of ether oxygens (including phenoxy) is 1. The van der Waals surface area contributed by atoms with Gasteiger partial charge in [-0.05, 0) is 62.3 Å². The summed E-state index contributed by atoms with van der Waals surface area (Å²) < 4.78 is 5.22. The number of carbonyl (C=O) groups excluding carboxylic acids is 2. The smallest absolute Gasteiger partial charge is 0.341 e. The summed E-state index contributed by atoms with van der Waals surface area (Å²) in [6, 6.07) is 5.25. The van der Waals surface area contributed by atoms with Gasteiger partial charge in [-0.2, -0.15) is 0 Å². The lowest BCUT2D eigenvalue weighted by atomic mass is 9.95. The Morgan fingerprint density at radius 1 is 1.22 bits per heavy atom. The van der Waals surface area contributed by atoms with Crippen molar-refractivity contribution < 1.29 is 14.3 Å². The van der Waals surface area contributed by atoms with E-state index in [4.69, 9.17) is 27.9 Å². The molecule has 3 rings (SSSR count). The van der Waals surface area contributed by atoms with Crippen LogP contribution in [0.4, 0.5) is 5.00 Å². The first-order valence-electron chi connectivity index (χ1n) is 9.05. The number of esters is 1. The highest BCUT2D eigenvalue weighted by Gasteiger charge is 2.27. The van der Waals surface area contributed by atoms with Gasteiger partial charge in [-0.1, -0.05) is 29.3 Å². The molecule has 0 saturated carbocycles. The number of nitrogens with one attached hydrogen (secondary N) is 1. The number of amides is 1. The maximum Gasteiger partial charge on any atom is 0.341 e. The van der Waals surface area contributed by atoms with Crippen LogP contribution in [-0.2, 0) is 28.8 Å². The van der Waals surface area contributed by atoms with E-state index in [-0.39, 0.29) is 18.3 Å². The van der Waals surface area contributed by atoms with E-state index in [2.05, 4.69) is 5.32 Å². The second-order valence-corrected chi connectivity index (χ2v) is 8.37. The van der Waals surface area contributed by atoms with Gasteiger partial charge in [0.2, 0.25) is 5.91 Å². The Morgan fingerprint density at radius 2 is 2.00 bits per heavy atom. The number of benzene rings is 1.